The van der Waals surface area contributed by atoms with E-state index >= 15 is 0 Å². The van der Waals surface area contributed by atoms with E-state index in [1.165, 1.54) is 5.56 Å². The highest BCUT2D eigenvalue weighted by molar-refractivity contribution is 5.91. The van der Waals surface area contributed by atoms with E-state index in [2.05, 4.69) is 37.5 Å². The van der Waals surface area contributed by atoms with E-state index in [1.807, 2.05) is 18.2 Å². The van der Waals surface area contributed by atoms with Gasteiger partial charge in [-0.25, -0.2) is 0 Å². The molecule has 104 valence electrons. The summed E-state index contributed by atoms with van der Waals surface area (Å²) >= 11 is 0. The van der Waals surface area contributed by atoms with E-state index in [0.29, 0.717) is 12.3 Å². The fourth-order valence-electron chi connectivity index (χ4n) is 2.60. The van der Waals surface area contributed by atoms with Gasteiger partial charge in [0.25, 0.3) is 0 Å². The van der Waals surface area contributed by atoms with Gasteiger partial charge in [-0.2, -0.15) is 0 Å². The molecule has 1 atom stereocenters. The zero-order valence-corrected chi connectivity index (χ0v) is 12.1. The summed E-state index contributed by atoms with van der Waals surface area (Å²) in [5, 5.41) is 6.37. The van der Waals surface area contributed by atoms with E-state index in [0.717, 1.165) is 25.2 Å². The molecule has 2 N–H and O–H groups in total. The van der Waals surface area contributed by atoms with Crippen molar-refractivity contribution in [2.24, 2.45) is 5.92 Å². The number of para-hydroxylation sites is 1. The van der Waals surface area contributed by atoms with Gasteiger partial charge in [0.15, 0.2) is 0 Å². The third kappa shape index (κ3) is 3.80. The van der Waals surface area contributed by atoms with Crippen LogP contribution >= 0.6 is 0 Å². The first kappa shape index (κ1) is 14.1. The molecular weight excluding hydrogens is 236 g/mol. The number of carbonyl (C=O) groups is 1. The second-order valence-corrected chi connectivity index (χ2v) is 6.41. The van der Waals surface area contributed by atoms with Gasteiger partial charge in [0.05, 0.1) is 0 Å². The smallest absolute Gasteiger partial charge is 0.224 e. The van der Waals surface area contributed by atoms with E-state index in [4.69, 9.17) is 0 Å². The maximum absolute atomic E-state index is 12.1. The molecule has 0 spiro atoms. The predicted octanol–water partition coefficient (Wildman–Crippen LogP) is 2.92. The van der Waals surface area contributed by atoms with Gasteiger partial charge in [-0.05, 0) is 42.5 Å². The number of hydrogen-bond acceptors (Lipinski definition) is 2. The SMILES string of the molecule is CC(C)(C)c1ccccc1NC(=O)CC1CCNC1. The summed E-state index contributed by atoms with van der Waals surface area (Å²) in [6, 6.07) is 8.08. The Morgan fingerprint density at radius 3 is 2.74 bits per heavy atom. The largest absolute Gasteiger partial charge is 0.326 e. The monoisotopic (exact) mass is 260 g/mol. The molecule has 0 saturated carbocycles. The molecule has 3 heteroatoms. The molecule has 1 aliphatic heterocycles. The van der Waals surface area contributed by atoms with Crippen molar-refractivity contribution >= 4 is 11.6 Å². The van der Waals surface area contributed by atoms with Gasteiger partial charge in [0.2, 0.25) is 5.91 Å². The molecule has 1 aromatic carbocycles. The second-order valence-electron chi connectivity index (χ2n) is 6.41. The number of hydrogen-bond donors (Lipinski definition) is 2. The second kappa shape index (κ2) is 5.74. The Morgan fingerprint density at radius 2 is 2.11 bits per heavy atom. The standard InChI is InChI=1S/C16H24N2O/c1-16(2,3)13-6-4-5-7-14(13)18-15(19)10-12-8-9-17-11-12/h4-7,12,17H,8-11H2,1-3H3,(H,18,19). The molecule has 1 unspecified atom stereocenters. The van der Waals surface area contributed by atoms with Crippen molar-refractivity contribution < 1.29 is 4.79 Å². The molecule has 1 heterocycles. The minimum atomic E-state index is 0.0405. The summed E-state index contributed by atoms with van der Waals surface area (Å²) in [6.07, 6.45) is 1.72. The lowest BCUT2D eigenvalue weighted by Gasteiger charge is -2.23. The number of amides is 1. The van der Waals surface area contributed by atoms with Gasteiger partial charge in [-0.3, -0.25) is 4.79 Å². The Balaban J connectivity index is 2.04. The van der Waals surface area contributed by atoms with Gasteiger partial charge in [0, 0.05) is 12.1 Å². The van der Waals surface area contributed by atoms with Gasteiger partial charge in [0.1, 0.15) is 0 Å². The summed E-state index contributed by atoms with van der Waals surface area (Å²) in [5.41, 5.74) is 2.18. The first-order valence-corrected chi connectivity index (χ1v) is 7.07. The Kier molecular flexibility index (Phi) is 4.25. The molecule has 0 aliphatic carbocycles. The van der Waals surface area contributed by atoms with Crippen LogP contribution < -0.4 is 10.6 Å². The lowest BCUT2D eigenvalue weighted by atomic mass is 9.86. The van der Waals surface area contributed by atoms with Crippen molar-refractivity contribution in [2.75, 3.05) is 18.4 Å². The van der Waals surface area contributed by atoms with Crippen molar-refractivity contribution in [3.63, 3.8) is 0 Å². The maximum atomic E-state index is 12.1. The van der Waals surface area contributed by atoms with E-state index in [-0.39, 0.29) is 11.3 Å². The fraction of sp³-hybridized carbons (Fsp3) is 0.562. The third-order valence-electron chi connectivity index (χ3n) is 3.65. The third-order valence-corrected chi connectivity index (χ3v) is 3.65. The van der Waals surface area contributed by atoms with Crippen LogP contribution in [0.2, 0.25) is 0 Å². The number of rotatable bonds is 3. The van der Waals surface area contributed by atoms with Crippen molar-refractivity contribution in [1.29, 1.82) is 0 Å². The molecule has 0 bridgehead atoms. The van der Waals surface area contributed by atoms with Gasteiger partial charge >= 0.3 is 0 Å². The number of anilines is 1. The predicted molar refractivity (Wildman–Crippen MR) is 79.4 cm³/mol. The fourth-order valence-corrected chi connectivity index (χ4v) is 2.60. The molecule has 1 aromatic rings. The highest BCUT2D eigenvalue weighted by Crippen LogP contribution is 2.29. The van der Waals surface area contributed by atoms with Crippen LogP contribution in [0.5, 0.6) is 0 Å². The summed E-state index contributed by atoms with van der Waals surface area (Å²) in [4.78, 5) is 12.1. The lowest BCUT2D eigenvalue weighted by molar-refractivity contribution is -0.116. The molecule has 0 radical (unpaired) electrons. The number of carbonyl (C=O) groups excluding carboxylic acids is 1. The molecular formula is C16H24N2O. The van der Waals surface area contributed by atoms with E-state index < -0.39 is 0 Å². The van der Waals surface area contributed by atoms with Crippen LogP contribution in [0.1, 0.15) is 39.2 Å². The molecule has 1 saturated heterocycles. The molecule has 1 aliphatic rings. The molecule has 1 amide bonds. The first-order valence-electron chi connectivity index (χ1n) is 7.07. The molecule has 19 heavy (non-hydrogen) atoms. The summed E-state index contributed by atoms with van der Waals surface area (Å²) < 4.78 is 0. The van der Waals surface area contributed by atoms with Crippen molar-refractivity contribution in [2.45, 2.75) is 39.0 Å². The highest BCUT2D eigenvalue weighted by Gasteiger charge is 2.21. The molecule has 0 aromatic heterocycles. The average molecular weight is 260 g/mol. The van der Waals surface area contributed by atoms with Crippen molar-refractivity contribution in [1.82, 2.24) is 5.32 Å². The Hall–Kier alpha value is -1.35. The summed E-state index contributed by atoms with van der Waals surface area (Å²) in [7, 11) is 0. The van der Waals surface area contributed by atoms with E-state index in [9.17, 15) is 4.79 Å². The van der Waals surface area contributed by atoms with Gasteiger partial charge in [-0.1, -0.05) is 39.0 Å². The minimum absolute atomic E-state index is 0.0405. The van der Waals surface area contributed by atoms with Crippen LogP contribution in [0.15, 0.2) is 24.3 Å². The zero-order chi connectivity index (χ0) is 13.9. The van der Waals surface area contributed by atoms with Crippen molar-refractivity contribution in [3.05, 3.63) is 29.8 Å². The minimum Gasteiger partial charge on any atom is -0.326 e. The number of benzene rings is 1. The Labute approximate surface area is 115 Å². The molecule has 2 rings (SSSR count). The first-order chi connectivity index (χ1) is 8.97. The number of nitrogens with one attached hydrogen (secondary N) is 2. The van der Waals surface area contributed by atoms with Gasteiger partial charge < -0.3 is 10.6 Å². The van der Waals surface area contributed by atoms with Gasteiger partial charge in [-0.15, -0.1) is 0 Å². The quantitative estimate of drug-likeness (QED) is 0.877. The van der Waals surface area contributed by atoms with Crippen LogP contribution in [-0.4, -0.2) is 19.0 Å². The van der Waals surface area contributed by atoms with E-state index in [1.54, 1.807) is 0 Å². The maximum Gasteiger partial charge on any atom is 0.224 e. The van der Waals surface area contributed by atoms with Crippen LogP contribution in [0.4, 0.5) is 5.69 Å². The Morgan fingerprint density at radius 1 is 1.37 bits per heavy atom. The lowest BCUT2D eigenvalue weighted by Crippen LogP contribution is -2.21. The molecule has 1 fully saturated rings. The average Bonchev–Trinajstić information content (AvgIpc) is 2.81. The summed E-state index contributed by atoms with van der Waals surface area (Å²) in [5.74, 6) is 0.618. The summed E-state index contributed by atoms with van der Waals surface area (Å²) in [6.45, 7) is 8.50. The van der Waals surface area contributed by atoms with Crippen LogP contribution in [0.3, 0.4) is 0 Å². The molecule has 3 nitrogen and oxygen atoms in total. The zero-order valence-electron chi connectivity index (χ0n) is 12.1. The Bertz CT molecular complexity index is 442. The van der Waals surface area contributed by atoms with Crippen LogP contribution in [-0.2, 0) is 10.2 Å². The topological polar surface area (TPSA) is 41.1 Å². The normalized spacial score (nSPS) is 19.4. The van der Waals surface area contributed by atoms with Crippen molar-refractivity contribution in [3.8, 4) is 0 Å². The highest BCUT2D eigenvalue weighted by atomic mass is 16.1. The van der Waals surface area contributed by atoms with Crippen LogP contribution in [0.25, 0.3) is 0 Å². The van der Waals surface area contributed by atoms with Crippen LogP contribution in [0, 0.1) is 5.92 Å².